The molecule has 0 unspecified atom stereocenters. The van der Waals surface area contributed by atoms with E-state index in [9.17, 15) is 22.7 Å². The van der Waals surface area contributed by atoms with Crippen LogP contribution >= 0.6 is 0 Å². The first-order chi connectivity index (χ1) is 15.1. The number of aromatic hydroxyl groups is 1. The topological polar surface area (TPSA) is 98.7 Å². The van der Waals surface area contributed by atoms with Gasteiger partial charge in [-0.15, -0.1) is 0 Å². The maximum absolute atomic E-state index is 13.1. The van der Waals surface area contributed by atoms with Crippen molar-refractivity contribution >= 4 is 16.1 Å². The molecule has 1 aliphatic heterocycles. The van der Waals surface area contributed by atoms with Gasteiger partial charge in [0, 0.05) is 18.0 Å². The Labute approximate surface area is 187 Å². The highest BCUT2D eigenvalue weighted by Gasteiger charge is 2.50. The fraction of sp³-hybridized carbons (Fsp3) is 0.435. The predicted molar refractivity (Wildman–Crippen MR) is 118 cm³/mol. The van der Waals surface area contributed by atoms with E-state index in [1.165, 1.54) is 5.56 Å². The number of hydrogen-bond donors (Lipinski definition) is 3. The monoisotopic (exact) mass is 461 g/mol. The molecule has 1 heterocycles. The fourth-order valence-corrected chi connectivity index (χ4v) is 6.31. The molecule has 0 saturated carbocycles. The number of phenols is 1. The molecule has 3 atom stereocenters. The number of amides is 2. The van der Waals surface area contributed by atoms with E-state index in [0.29, 0.717) is 18.4 Å². The number of phenolic OH excluding ortho intramolecular Hbond substituents is 1. The van der Waals surface area contributed by atoms with Crippen LogP contribution in [0.5, 0.6) is 5.75 Å². The van der Waals surface area contributed by atoms with Gasteiger partial charge in [-0.05, 0) is 86.3 Å². The van der Waals surface area contributed by atoms with Gasteiger partial charge in [0.15, 0.2) is 0 Å². The molecule has 0 radical (unpaired) electrons. The summed E-state index contributed by atoms with van der Waals surface area (Å²) >= 11 is 0. The molecule has 2 aromatic rings. The highest BCUT2D eigenvalue weighted by molar-refractivity contribution is 7.90. The average molecular weight is 462 g/mol. The lowest BCUT2D eigenvalue weighted by atomic mass is 9.56. The molecule has 2 amide bonds. The van der Waals surface area contributed by atoms with Crippen molar-refractivity contribution in [1.29, 1.82) is 0 Å². The molecule has 2 bridgehead atoms. The summed E-state index contributed by atoms with van der Waals surface area (Å²) in [5.41, 5.74) is 2.11. The first-order valence-corrected chi connectivity index (χ1v) is 12.2. The molecule has 1 fully saturated rings. The Bertz CT molecular complexity index is 1120. The zero-order valence-electron chi connectivity index (χ0n) is 18.1. The van der Waals surface area contributed by atoms with Gasteiger partial charge in [0.2, 0.25) is 0 Å². The van der Waals surface area contributed by atoms with Crippen LogP contribution in [0.3, 0.4) is 0 Å². The summed E-state index contributed by atoms with van der Waals surface area (Å²) in [6.45, 7) is 3.41. The number of nitrogens with one attached hydrogen (secondary N) is 2. The SMILES string of the molecule is C[C@H]1[C@H]2Cc3ccc(O)cc3[C@@]1(CCNC(=O)NS(=O)(=O)c1ccc(F)cc1)CCN2C. The van der Waals surface area contributed by atoms with Gasteiger partial charge in [-0.2, -0.15) is 0 Å². The van der Waals surface area contributed by atoms with Crippen molar-refractivity contribution in [2.45, 2.75) is 42.5 Å². The van der Waals surface area contributed by atoms with Crippen molar-refractivity contribution in [2.75, 3.05) is 20.1 Å². The van der Waals surface area contributed by atoms with E-state index in [0.717, 1.165) is 49.2 Å². The second kappa shape index (κ2) is 8.37. The summed E-state index contributed by atoms with van der Waals surface area (Å²) < 4.78 is 39.7. The molecular weight excluding hydrogens is 433 g/mol. The lowest BCUT2D eigenvalue weighted by molar-refractivity contribution is 0.0363. The minimum atomic E-state index is -4.09. The summed E-state index contributed by atoms with van der Waals surface area (Å²) in [4.78, 5) is 14.5. The molecule has 4 rings (SSSR count). The smallest absolute Gasteiger partial charge is 0.328 e. The Hall–Kier alpha value is -2.65. The van der Waals surface area contributed by atoms with E-state index < -0.39 is 21.9 Å². The molecule has 7 nitrogen and oxygen atoms in total. The van der Waals surface area contributed by atoms with Gasteiger partial charge in [-0.3, -0.25) is 0 Å². The van der Waals surface area contributed by atoms with Crippen LogP contribution < -0.4 is 10.0 Å². The number of sulfonamides is 1. The Morgan fingerprint density at radius 2 is 1.97 bits per heavy atom. The minimum absolute atomic E-state index is 0.184. The van der Waals surface area contributed by atoms with E-state index in [1.54, 1.807) is 6.07 Å². The minimum Gasteiger partial charge on any atom is -0.508 e. The Balaban J connectivity index is 1.47. The standard InChI is InChI=1S/C23H28FN3O4S/c1-15-21-13-16-3-6-18(28)14-20(16)23(15,10-12-27(21)2)9-11-25-22(29)26-32(30,31)19-7-4-17(24)5-8-19/h3-8,14-15,21,28H,9-13H2,1-2H3,(H2,25,26,29)/t15-,21+,23-/m0/s1. The molecule has 0 aromatic heterocycles. The summed E-state index contributed by atoms with van der Waals surface area (Å²) in [6.07, 6.45) is 2.42. The lowest BCUT2D eigenvalue weighted by Crippen LogP contribution is -2.58. The maximum Gasteiger partial charge on any atom is 0.328 e. The van der Waals surface area contributed by atoms with E-state index >= 15 is 0 Å². The van der Waals surface area contributed by atoms with Crippen molar-refractivity contribution in [3.05, 3.63) is 59.4 Å². The summed E-state index contributed by atoms with van der Waals surface area (Å²) in [5, 5.41) is 12.8. The first kappa shape index (κ1) is 22.5. The number of rotatable bonds is 5. The van der Waals surface area contributed by atoms with Gasteiger partial charge in [-0.25, -0.2) is 22.3 Å². The largest absolute Gasteiger partial charge is 0.508 e. The first-order valence-electron chi connectivity index (χ1n) is 10.7. The van der Waals surface area contributed by atoms with Gasteiger partial charge in [0.1, 0.15) is 11.6 Å². The number of hydrogen-bond acceptors (Lipinski definition) is 5. The number of halogens is 1. The number of urea groups is 1. The molecule has 2 aliphatic rings. The van der Waals surface area contributed by atoms with Crippen LogP contribution in [-0.2, 0) is 21.9 Å². The quantitative estimate of drug-likeness (QED) is 0.636. The van der Waals surface area contributed by atoms with Crippen LogP contribution in [0.4, 0.5) is 9.18 Å². The maximum atomic E-state index is 13.1. The molecule has 3 N–H and O–H groups in total. The highest BCUT2D eigenvalue weighted by Crippen LogP contribution is 2.51. The number of likely N-dealkylation sites (tertiary alicyclic amines) is 1. The van der Waals surface area contributed by atoms with Gasteiger partial charge in [-0.1, -0.05) is 13.0 Å². The number of piperidine rings is 1. The zero-order valence-corrected chi connectivity index (χ0v) is 19.0. The third-order valence-electron chi connectivity index (χ3n) is 7.19. The Morgan fingerprint density at radius 1 is 1.25 bits per heavy atom. The number of carbonyl (C=O) groups excluding carboxylic acids is 1. The van der Waals surface area contributed by atoms with Gasteiger partial charge in [0.25, 0.3) is 10.0 Å². The van der Waals surface area contributed by atoms with Crippen LogP contribution in [0.25, 0.3) is 0 Å². The van der Waals surface area contributed by atoms with Gasteiger partial charge >= 0.3 is 6.03 Å². The Morgan fingerprint density at radius 3 is 2.69 bits per heavy atom. The normalized spacial score (nSPS) is 25.1. The summed E-state index contributed by atoms with van der Waals surface area (Å²) in [5.74, 6) is -0.0239. The second-order valence-corrected chi connectivity index (χ2v) is 10.5. The van der Waals surface area contributed by atoms with E-state index in [4.69, 9.17) is 0 Å². The summed E-state index contributed by atoms with van der Waals surface area (Å²) in [7, 11) is -1.96. The molecule has 1 aliphatic carbocycles. The Kier molecular flexibility index (Phi) is 5.89. The number of carbonyl (C=O) groups is 1. The third-order valence-corrected chi connectivity index (χ3v) is 8.54. The van der Waals surface area contributed by atoms with Crippen LogP contribution in [0, 0.1) is 11.7 Å². The second-order valence-electron chi connectivity index (χ2n) is 8.85. The van der Waals surface area contributed by atoms with Crippen molar-refractivity contribution in [1.82, 2.24) is 14.9 Å². The average Bonchev–Trinajstić information content (AvgIpc) is 2.73. The molecule has 0 spiro atoms. The number of likely N-dealkylation sites (N-methyl/N-ethyl adjacent to an activating group) is 1. The van der Waals surface area contributed by atoms with Crippen LogP contribution in [0.15, 0.2) is 47.4 Å². The molecule has 1 saturated heterocycles. The van der Waals surface area contributed by atoms with Crippen LogP contribution in [0.2, 0.25) is 0 Å². The fourth-order valence-electron chi connectivity index (χ4n) is 5.38. The van der Waals surface area contributed by atoms with Gasteiger partial charge in [0.05, 0.1) is 4.90 Å². The number of nitrogens with zero attached hydrogens (tertiary/aromatic N) is 1. The van der Waals surface area contributed by atoms with Crippen LogP contribution in [-0.4, -0.2) is 50.6 Å². The molecule has 172 valence electrons. The summed E-state index contributed by atoms with van der Waals surface area (Å²) in [6, 6.07) is 9.34. The predicted octanol–water partition coefficient (Wildman–Crippen LogP) is 2.74. The van der Waals surface area contributed by atoms with E-state index in [1.807, 2.05) is 16.9 Å². The third kappa shape index (κ3) is 4.06. The molecular formula is C23H28FN3O4S. The highest BCUT2D eigenvalue weighted by atomic mass is 32.2. The van der Waals surface area contributed by atoms with Crippen molar-refractivity contribution in [3.8, 4) is 5.75 Å². The van der Waals surface area contributed by atoms with Crippen molar-refractivity contribution in [3.63, 3.8) is 0 Å². The van der Waals surface area contributed by atoms with Crippen molar-refractivity contribution in [2.24, 2.45) is 5.92 Å². The number of benzene rings is 2. The van der Waals surface area contributed by atoms with E-state index in [-0.39, 0.29) is 22.6 Å². The van der Waals surface area contributed by atoms with Crippen molar-refractivity contribution < 1.29 is 22.7 Å². The van der Waals surface area contributed by atoms with E-state index in [2.05, 4.69) is 24.2 Å². The number of fused-ring (bicyclic) bond motifs is 4. The lowest BCUT2D eigenvalue weighted by Gasteiger charge is -2.55. The zero-order chi connectivity index (χ0) is 23.1. The molecule has 9 heteroatoms. The van der Waals surface area contributed by atoms with Crippen LogP contribution in [0.1, 0.15) is 30.9 Å². The van der Waals surface area contributed by atoms with Gasteiger partial charge < -0.3 is 15.3 Å². The molecule has 32 heavy (non-hydrogen) atoms. The molecule has 2 aromatic carbocycles.